The van der Waals surface area contributed by atoms with Gasteiger partial charge in [0.1, 0.15) is 17.3 Å². The summed E-state index contributed by atoms with van der Waals surface area (Å²) in [5, 5.41) is 3.59. The summed E-state index contributed by atoms with van der Waals surface area (Å²) in [7, 11) is 0. The Morgan fingerprint density at radius 1 is 1.11 bits per heavy atom. The normalized spacial score (nSPS) is 10.5. The van der Waals surface area contributed by atoms with Gasteiger partial charge in [-0.2, -0.15) is 0 Å². The van der Waals surface area contributed by atoms with Crippen LogP contribution in [-0.4, -0.2) is 6.54 Å². The van der Waals surface area contributed by atoms with Gasteiger partial charge < -0.3 is 10.1 Å². The molecule has 2 aromatic carbocycles. The quantitative estimate of drug-likeness (QED) is 0.877. The molecule has 0 bridgehead atoms. The Balaban J connectivity index is 2.29. The molecular weight excluding hydrogens is 265 g/mol. The lowest BCUT2D eigenvalue weighted by Gasteiger charge is -2.13. The van der Waals surface area contributed by atoms with Crippen molar-refractivity contribution in [2.75, 3.05) is 6.54 Å². The SMILES string of the molecule is CCNCc1c(F)cccc1Oc1ccccc1Cl. The van der Waals surface area contributed by atoms with E-state index < -0.39 is 0 Å². The molecule has 100 valence electrons. The molecule has 19 heavy (non-hydrogen) atoms. The average molecular weight is 280 g/mol. The van der Waals surface area contributed by atoms with Crippen molar-refractivity contribution in [2.45, 2.75) is 13.5 Å². The van der Waals surface area contributed by atoms with Gasteiger partial charge in [0.15, 0.2) is 0 Å². The van der Waals surface area contributed by atoms with Crippen molar-refractivity contribution in [1.82, 2.24) is 5.32 Å². The van der Waals surface area contributed by atoms with Gasteiger partial charge in [-0.15, -0.1) is 0 Å². The lowest BCUT2D eigenvalue weighted by molar-refractivity contribution is 0.463. The second-order valence-electron chi connectivity index (χ2n) is 4.03. The standard InChI is InChI=1S/C15H15ClFNO/c1-2-18-10-11-13(17)7-5-9-14(11)19-15-8-4-3-6-12(15)16/h3-9,18H,2,10H2,1H3. The molecule has 0 aromatic heterocycles. The maximum Gasteiger partial charge on any atom is 0.146 e. The molecule has 0 aliphatic carbocycles. The minimum absolute atomic E-state index is 0.287. The minimum Gasteiger partial charge on any atom is -0.455 e. The predicted octanol–water partition coefficient (Wildman–Crippen LogP) is 4.38. The number of hydrogen-bond donors (Lipinski definition) is 1. The summed E-state index contributed by atoms with van der Waals surface area (Å²) < 4.78 is 19.5. The molecule has 0 saturated carbocycles. The van der Waals surface area contributed by atoms with Crippen molar-refractivity contribution in [2.24, 2.45) is 0 Å². The Kier molecular flexibility index (Phi) is 4.77. The highest BCUT2D eigenvalue weighted by atomic mass is 35.5. The van der Waals surface area contributed by atoms with E-state index in [0.29, 0.717) is 28.6 Å². The van der Waals surface area contributed by atoms with Crippen molar-refractivity contribution < 1.29 is 9.13 Å². The fourth-order valence-electron chi connectivity index (χ4n) is 1.70. The third kappa shape index (κ3) is 3.46. The second-order valence-corrected chi connectivity index (χ2v) is 4.44. The van der Waals surface area contributed by atoms with Crippen molar-refractivity contribution in [3.8, 4) is 11.5 Å². The van der Waals surface area contributed by atoms with Crippen LogP contribution in [0.3, 0.4) is 0 Å². The number of nitrogens with one attached hydrogen (secondary N) is 1. The van der Waals surface area contributed by atoms with Gasteiger partial charge in [0.05, 0.1) is 5.02 Å². The van der Waals surface area contributed by atoms with E-state index in [9.17, 15) is 4.39 Å². The zero-order chi connectivity index (χ0) is 13.7. The predicted molar refractivity (Wildman–Crippen MR) is 75.3 cm³/mol. The maximum atomic E-state index is 13.8. The lowest BCUT2D eigenvalue weighted by Crippen LogP contribution is -2.13. The number of hydrogen-bond acceptors (Lipinski definition) is 2. The number of halogens is 2. The van der Waals surface area contributed by atoms with Crippen LogP contribution < -0.4 is 10.1 Å². The van der Waals surface area contributed by atoms with Crippen LogP contribution in [0.1, 0.15) is 12.5 Å². The third-order valence-electron chi connectivity index (χ3n) is 2.68. The van der Waals surface area contributed by atoms with Crippen LogP contribution >= 0.6 is 11.6 Å². The van der Waals surface area contributed by atoms with E-state index >= 15 is 0 Å². The zero-order valence-corrected chi connectivity index (χ0v) is 11.4. The van der Waals surface area contributed by atoms with Crippen LogP contribution in [0.5, 0.6) is 11.5 Å². The summed E-state index contributed by atoms with van der Waals surface area (Å²) in [6.07, 6.45) is 0. The van der Waals surface area contributed by atoms with Gasteiger partial charge in [-0.05, 0) is 30.8 Å². The molecule has 2 rings (SSSR count). The lowest BCUT2D eigenvalue weighted by atomic mass is 10.2. The smallest absolute Gasteiger partial charge is 0.146 e. The van der Waals surface area contributed by atoms with E-state index in [4.69, 9.17) is 16.3 Å². The van der Waals surface area contributed by atoms with E-state index in [1.807, 2.05) is 19.1 Å². The Morgan fingerprint density at radius 2 is 1.84 bits per heavy atom. The molecule has 0 unspecified atom stereocenters. The second kappa shape index (κ2) is 6.55. The number of ether oxygens (including phenoxy) is 1. The molecule has 0 aliphatic heterocycles. The molecule has 0 heterocycles. The van der Waals surface area contributed by atoms with E-state index in [1.54, 1.807) is 24.3 Å². The first-order valence-corrected chi connectivity index (χ1v) is 6.50. The Labute approximate surface area is 117 Å². The summed E-state index contributed by atoms with van der Waals surface area (Å²) in [5.41, 5.74) is 0.504. The van der Waals surface area contributed by atoms with Crippen molar-refractivity contribution in [1.29, 1.82) is 0 Å². The molecule has 0 fully saturated rings. The fourth-order valence-corrected chi connectivity index (χ4v) is 1.88. The number of para-hydroxylation sites is 1. The molecular formula is C15H15ClFNO. The molecule has 0 spiro atoms. The van der Waals surface area contributed by atoms with Crippen LogP contribution in [0, 0.1) is 5.82 Å². The number of rotatable bonds is 5. The first kappa shape index (κ1) is 13.8. The van der Waals surface area contributed by atoms with Crippen molar-refractivity contribution >= 4 is 11.6 Å². The summed E-state index contributed by atoms with van der Waals surface area (Å²) in [6, 6.07) is 11.9. The van der Waals surface area contributed by atoms with Crippen LogP contribution in [0.15, 0.2) is 42.5 Å². The Hall–Kier alpha value is -1.58. The van der Waals surface area contributed by atoms with Crippen molar-refractivity contribution in [3.63, 3.8) is 0 Å². The largest absolute Gasteiger partial charge is 0.455 e. The molecule has 0 aliphatic rings. The molecule has 0 saturated heterocycles. The zero-order valence-electron chi connectivity index (χ0n) is 10.6. The summed E-state index contributed by atoms with van der Waals surface area (Å²) in [4.78, 5) is 0. The van der Waals surface area contributed by atoms with E-state index in [-0.39, 0.29) is 5.82 Å². The first-order valence-electron chi connectivity index (χ1n) is 6.13. The Bertz CT molecular complexity index is 560. The molecule has 2 aromatic rings. The third-order valence-corrected chi connectivity index (χ3v) is 3.00. The minimum atomic E-state index is -0.287. The van der Waals surface area contributed by atoms with E-state index in [0.717, 1.165) is 6.54 Å². The highest BCUT2D eigenvalue weighted by molar-refractivity contribution is 6.32. The van der Waals surface area contributed by atoms with E-state index in [2.05, 4.69) is 5.32 Å². The van der Waals surface area contributed by atoms with Gasteiger partial charge in [-0.1, -0.05) is 36.7 Å². The molecule has 0 radical (unpaired) electrons. The average Bonchev–Trinajstić information content (AvgIpc) is 2.41. The van der Waals surface area contributed by atoms with Gasteiger partial charge in [-0.25, -0.2) is 4.39 Å². The highest BCUT2D eigenvalue weighted by Gasteiger charge is 2.11. The Morgan fingerprint density at radius 3 is 2.58 bits per heavy atom. The molecule has 0 atom stereocenters. The molecule has 1 N–H and O–H groups in total. The highest BCUT2D eigenvalue weighted by Crippen LogP contribution is 2.31. The van der Waals surface area contributed by atoms with Gasteiger partial charge >= 0.3 is 0 Å². The van der Waals surface area contributed by atoms with E-state index in [1.165, 1.54) is 6.07 Å². The number of benzene rings is 2. The summed E-state index contributed by atoms with van der Waals surface area (Å²) in [5.74, 6) is 0.715. The molecule has 4 heteroatoms. The fraction of sp³-hybridized carbons (Fsp3) is 0.200. The van der Waals surface area contributed by atoms with Crippen LogP contribution in [0.25, 0.3) is 0 Å². The van der Waals surface area contributed by atoms with Crippen LogP contribution in [-0.2, 0) is 6.54 Å². The van der Waals surface area contributed by atoms with Gasteiger partial charge in [0.25, 0.3) is 0 Å². The van der Waals surface area contributed by atoms with Crippen LogP contribution in [0.2, 0.25) is 5.02 Å². The van der Waals surface area contributed by atoms with Crippen molar-refractivity contribution in [3.05, 3.63) is 58.9 Å². The summed E-state index contributed by atoms with van der Waals surface area (Å²) in [6.45, 7) is 3.15. The molecule has 0 amide bonds. The van der Waals surface area contributed by atoms with Gasteiger partial charge in [0, 0.05) is 12.1 Å². The summed E-state index contributed by atoms with van der Waals surface area (Å²) >= 11 is 6.04. The van der Waals surface area contributed by atoms with Crippen LogP contribution in [0.4, 0.5) is 4.39 Å². The topological polar surface area (TPSA) is 21.3 Å². The molecule has 2 nitrogen and oxygen atoms in total. The first-order chi connectivity index (χ1) is 9.22. The monoisotopic (exact) mass is 279 g/mol. The maximum absolute atomic E-state index is 13.8. The van der Waals surface area contributed by atoms with Gasteiger partial charge in [0.2, 0.25) is 0 Å². The van der Waals surface area contributed by atoms with Gasteiger partial charge in [-0.3, -0.25) is 0 Å².